The maximum Gasteiger partial charge on any atom is 0.256 e. The zero-order chi connectivity index (χ0) is 20.1. The summed E-state index contributed by atoms with van der Waals surface area (Å²) in [6.07, 6.45) is 0. The first-order valence-electron chi connectivity index (χ1n) is 8.31. The van der Waals surface area contributed by atoms with Gasteiger partial charge in [-0.25, -0.2) is 8.42 Å². The summed E-state index contributed by atoms with van der Waals surface area (Å²) in [6, 6.07) is 18.7. The van der Waals surface area contributed by atoms with E-state index in [0.717, 1.165) is 5.56 Å². The third-order valence-electron chi connectivity index (χ3n) is 4.09. The van der Waals surface area contributed by atoms with E-state index >= 15 is 0 Å². The molecule has 0 atom stereocenters. The number of hydrogen-bond donors (Lipinski definition) is 1. The van der Waals surface area contributed by atoms with Crippen LogP contribution in [-0.4, -0.2) is 25.7 Å². The van der Waals surface area contributed by atoms with E-state index in [1.807, 2.05) is 36.4 Å². The van der Waals surface area contributed by atoms with Gasteiger partial charge in [0.05, 0.1) is 10.5 Å². The number of carbonyl (C=O) groups excluding carboxylic acids is 1. The minimum absolute atomic E-state index is 0.108. The van der Waals surface area contributed by atoms with Crippen molar-refractivity contribution < 1.29 is 13.2 Å². The van der Waals surface area contributed by atoms with Crippen LogP contribution in [0.15, 0.2) is 70.9 Å². The molecule has 3 rings (SSSR count). The molecule has 0 aliphatic carbocycles. The van der Waals surface area contributed by atoms with Gasteiger partial charge in [-0.1, -0.05) is 30.3 Å². The van der Waals surface area contributed by atoms with Crippen LogP contribution in [0, 0.1) is 11.3 Å². The second-order valence-corrected chi connectivity index (χ2v) is 8.96. The molecule has 0 unspecified atom stereocenters. The molecule has 0 radical (unpaired) electrons. The number of nitriles is 1. The highest BCUT2D eigenvalue weighted by Crippen LogP contribution is 2.23. The van der Waals surface area contributed by atoms with E-state index < -0.39 is 15.9 Å². The third kappa shape index (κ3) is 4.28. The van der Waals surface area contributed by atoms with E-state index in [-0.39, 0.29) is 11.4 Å². The Kier molecular flexibility index (Phi) is 5.90. The van der Waals surface area contributed by atoms with Gasteiger partial charge < -0.3 is 5.32 Å². The molecule has 0 saturated heterocycles. The molecule has 8 heteroatoms. The van der Waals surface area contributed by atoms with Gasteiger partial charge in [-0.05, 0) is 41.3 Å². The molecule has 28 heavy (non-hydrogen) atoms. The fourth-order valence-corrected chi connectivity index (χ4v) is 4.44. The summed E-state index contributed by atoms with van der Waals surface area (Å²) < 4.78 is 26.8. The molecule has 0 aliphatic rings. The van der Waals surface area contributed by atoms with Gasteiger partial charge in [-0.2, -0.15) is 9.57 Å². The number of sulfonamides is 1. The third-order valence-corrected chi connectivity index (χ3v) is 6.73. The van der Waals surface area contributed by atoms with Crippen molar-refractivity contribution in [1.29, 1.82) is 5.26 Å². The number of amides is 1. The van der Waals surface area contributed by atoms with Crippen LogP contribution in [0.25, 0.3) is 0 Å². The monoisotopic (exact) mass is 411 g/mol. The number of nitrogens with one attached hydrogen (secondary N) is 1. The van der Waals surface area contributed by atoms with Crippen LogP contribution in [0.3, 0.4) is 0 Å². The Morgan fingerprint density at radius 1 is 1.11 bits per heavy atom. The van der Waals surface area contributed by atoms with E-state index in [9.17, 15) is 13.2 Å². The van der Waals surface area contributed by atoms with Crippen LogP contribution in [0.1, 0.15) is 21.5 Å². The van der Waals surface area contributed by atoms with Crippen molar-refractivity contribution in [2.24, 2.45) is 0 Å². The van der Waals surface area contributed by atoms with Gasteiger partial charge in [0, 0.05) is 19.2 Å². The van der Waals surface area contributed by atoms with E-state index in [1.54, 1.807) is 11.4 Å². The molecule has 1 N–H and O–H groups in total. The van der Waals surface area contributed by atoms with E-state index in [0.29, 0.717) is 16.1 Å². The smallest absolute Gasteiger partial charge is 0.256 e. The first kappa shape index (κ1) is 19.8. The zero-order valence-electron chi connectivity index (χ0n) is 15.0. The fourth-order valence-electron chi connectivity index (χ4n) is 2.55. The van der Waals surface area contributed by atoms with Gasteiger partial charge >= 0.3 is 0 Å². The molecule has 142 valence electrons. The Labute approximate surface area is 167 Å². The van der Waals surface area contributed by atoms with Gasteiger partial charge in [0.2, 0.25) is 10.0 Å². The second kappa shape index (κ2) is 8.35. The second-order valence-electron chi connectivity index (χ2n) is 6.00. The van der Waals surface area contributed by atoms with Crippen molar-refractivity contribution in [3.63, 3.8) is 0 Å². The summed E-state index contributed by atoms with van der Waals surface area (Å²) in [6.45, 7) is 0.251. The Balaban J connectivity index is 1.74. The summed E-state index contributed by atoms with van der Waals surface area (Å²) in [5, 5.41) is 13.9. The maximum absolute atomic E-state index is 12.7. The summed E-state index contributed by atoms with van der Waals surface area (Å²) in [7, 11) is -2.16. The normalized spacial score (nSPS) is 11.2. The zero-order valence-corrected chi connectivity index (χ0v) is 16.6. The minimum Gasteiger partial charge on any atom is -0.312 e. The van der Waals surface area contributed by atoms with Gasteiger partial charge in [-0.3, -0.25) is 4.79 Å². The fraction of sp³-hybridized carbons (Fsp3) is 0.100. The van der Waals surface area contributed by atoms with Gasteiger partial charge in [-0.15, -0.1) is 11.3 Å². The molecule has 0 bridgehead atoms. The Morgan fingerprint density at radius 3 is 2.43 bits per heavy atom. The number of nitrogens with zero attached hydrogens (tertiary/aromatic N) is 2. The largest absolute Gasteiger partial charge is 0.312 e. The van der Waals surface area contributed by atoms with E-state index in [1.165, 1.54) is 47.0 Å². The highest BCUT2D eigenvalue weighted by atomic mass is 32.2. The average Bonchev–Trinajstić information content (AvgIpc) is 3.16. The predicted octanol–water partition coefficient (Wildman–Crippen LogP) is 3.69. The lowest BCUT2D eigenvalue weighted by atomic mass is 10.2. The Hall–Kier alpha value is -2.99. The van der Waals surface area contributed by atoms with E-state index in [2.05, 4.69) is 5.32 Å². The minimum atomic E-state index is -3.68. The highest BCUT2D eigenvalue weighted by molar-refractivity contribution is 7.89. The van der Waals surface area contributed by atoms with Crippen molar-refractivity contribution in [1.82, 2.24) is 4.31 Å². The lowest BCUT2D eigenvalue weighted by molar-refractivity contribution is 0.102. The van der Waals surface area contributed by atoms with Gasteiger partial charge in [0.15, 0.2) is 0 Å². The average molecular weight is 412 g/mol. The molecule has 0 saturated carbocycles. The van der Waals surface area contributed by atoms with Gasteiger partial charge in [0.25, 0.3) is 5.91 Å². The number of hydrogen-bond acceptors (Lipinski definition) is 5. The van der Waals surface area contributed by atoms with Crippen LogP contribution >= 0.6 is 11.3 Å². The standard InChI is InChI=1S/C20H17N3O3S2/c1-23(14-15-5-3-2-4-6-15)28(25,26)18-9-7-16(8-10-18)19(24)22-20-17(13-21)11-12-27-20/h2-12H,14H2,1H3,(H,22,24). The first-order valence-corrected chi connectivity index (χ1v) is 10.6. The van der Waals surface area contributed by atoms with Crippen LogP contribution < -0.4 is 5.32 Å². The van der Waals surface area contributed by atoms with E-state index in [4.69, 9.17) is 5.26 Å². The van der Waals surface area contributed by atoms with Crippen molar-refractivity contribution in [3.8, 4) is 6.07 Å². The molecular formula is C20H17N3O3S2. The topological polar surface area (TPSA) is 90.3 Å². The molecule has 0 spiro atoms. The number of carbonyl (C=O) groups is 1. The summed E-state index contributed by atoms with van der Waals surface area (Å²) in [4.78, 5) is 12.5. The molecule has 0 aliphatic heterocycles. The molecule has 2 aromatic carbocycles. The van der Waals surface area contributed by atoms with Crippen LogP contribution in [-0.2, 0) is 16.6 Å². The SMILES string of the molecule is CN(Cc1ccccc1)S(=O)(=O)c1ccc(C(=O)Nc2sccc2C#N)cc1. The number of rotatable bonds is 6. The molecular weight excluding hydrogens is 394 g/mol. The quantitative estimate of drug-likeness (QED) is 0.670. The van der Waals surface area contributed by atoms with Gasteiger partial charge in [0.1, 0.15) is 11.1 Å². The van der Waals surface area contributed by atoms with Crippen molar-refractivity contribution in [3.05, 3.63) is 82.7 Å². The van der Waals surface area contributed by atoms with Crippen LogP contribution in [0.2, 0.25) is 0 Å². The molecule has 6 nitrogen and oxygen atoms in total. The lowest BCUT2D eigenvalue weighted by Crippen LogP contribution is -2.26. The van der Waals surface area contributed by atoms with Crippen molar-refractivity contribution in [2.45, 2.75) is 11.4 Å². The molecule has 1 amide bonds. The lowest BCUT2D eigenvalue weighted by Gasteiger charge is -2.17. The molecule has 3 aromatic rings. The van der Waals surface area contributed by atoms with Crippen LogP contribution in [0.5, 0.6) is 0 Å². The van der Waals surface area contributed by atoms with Crippen molar-refractivity contribution in [2.75, 3.05) is 12.4 Å². The number of benzene rings is 2. The van der Waals surface area contributed by atoms with Crippen LogP contribution in [0.4, 0.5) is 5.00 Å². The molecule has 1 heterocycles. The number of thiophene rings is 1. The summed E-state index contributed by atoms with van der Waals surface area (Å²) in [5.41, 5.74) is 1.58. The molecule has 0 fully saturated rings. The highest BCUT2D eigenvalue weighted by Gasteiger charge is 2.21. The first-order chi connectivity index (χ1) is 13.4. The Morgan fingerprint density at radius 2 is 1.79 bits per heavy atom. The summed E-state index contributed by atoms with van der Waals surface area (Å²) in [5.74, 6) is -0.402. The Bertz CT molecular complexity index is 1120. The summed E-state index contributed by atoms with van der Waals surface area (Å²) >= 11 is 1.25. The van der Waals surface area contributed by atoms with Crippen molar-refractivity contribution >= 4 is 32.3 Å². The number of anilines is 1. The predicted molar refractivity (Wildman–Crippen MR) is 109 cm³/mol. The molecule has 1 aromatic heterocycles. The maximum atomic E-state index is 12.7.